The smallest absolute Gasteiger partial charge is 0.231 e. The normalized spacial score (nSPS) is 13.7. The van der Waals surface area contributed by atoms with Crippen molar-refractivity contribution in [2.75, 3.05) is 18.1 Å². The highest BCUT2D eigenvalue weighted by Gasteiger charge is 2.29. The molecule has 0 fully saturated rings. The SMILES string of the molecule is CNc1nnc(SCC(=O)N[C@](C)(C#N)C(C)C)s1. The van der Waals surface area contributed by atoms with Gasteiger partial charge in [-0.3, -0.25) is 4.79 Å². The van der Waals surface area contributed by atoms with E-state index < -0.39 is 5.54 Å². The third kappa shape index (κ3) is 4.36. The van der Waals surface area contributed by atoms with Crippen LogP contribution >= 0.6 is 23.1 Å². The Kier molecular flexibility index (Phi) is 5.57. The number of nitriles is 1. The van der Waals surface area contributed by atoms with Crippen molar-refractivity contribution in [2.45, 2.75) is 30.6 Å². The van der Waals surface area contributed by atoms with Crippen molar-refractivity contribution >= 4 is 34.1 Å². The average molecular weight is 299 g/mol. The summed E-state index contributed by atoms with van der Waals surface area (Å²) in [7, 11) is 1.77. The Labute approximate surface area is 121 Å². The second kappa shape index (κ2) is 6.73. The highest BCUT2D eigenvalue weighted by atomic mass is 32.2. The Balaban J connectivity index is 2.50. The molecule has 0 aliphatic rings. The predicted octanol–water partition coefficient (Wildman–Crippen LogP) is 1.73. The minimum absolute atomic E-state index is 0.0453. The van der Waals surface area contributed by atoms with Crippen LogP contribution in [0.1, 0.15) is 20.8 Å². The minimum Gasteiger partial charge on any atom is -0.363 e. The lowest BCUT2D eigenvalue weighted by molar-refractivity contribution is -0.120. The third-order valence-electron chi connectivity index (χ3n) is 2.73. The van der Waals surface area contributed by atoms with Crippen LogP contribution in [0, 0.1) is 17.2 Å². The summed E-state index contributed by atoms with van der Waals surface area (Å²) < 4.78 is 0.725. The molecule has 19 heavy (non-hydrogen) atoms. The van der Waals surface area contributed by atoms with Crippen LogP contribution in [-0.4, -0.2) is 34.4 Å². The molecule has 0 spiro atoms. The fourth-order valence-corrected chi connectivity index (χ4v) is 2.63. The predicted molar refractivity (Wildman–Crippen MR) is 77.2 cm³/mol. The van der Waals surface area contributed by atoms with Crippen LogP contribution in [-0.2, 0) is 4.79 Å². The van der Waals surface area contributed by atoms with Crippen molar-refractivity contribution in [3.63, 3.8) is 0 Å². The molecule has 104 valence electrons. The molecule has 8 heteroatoms. The van der Waals surface area contributed by atoms with E-state index in [1.54, 1.807) is 14.0 Å². The van der Waals surface area contributed by atoms with Gasteiger partial charge in [-0.15, -0.1) is 10.2 Å². The maximum Gasteiger partial charge on any atom is 0.231 e. The summed E-state index contributed by atoms with van der Waals surface area (Å²) in [6.07, 6.45) is 0. The number of hydrogen-bond donors (Lipinski definition) is 2. The van der Waals surface area contributed by atoms with Crippen molar-refractivity contribution in [1.29, 1.82) is 5.26 Å². The van der Waals surface area contributed by atoms with E-state index in [0.717, 1.165) is 4.34 Å². The number of amides is 1. The molecule has 0 bridgehead atoms. The van der Waals surface area contributed by atoms with E-state index in [1.807, 2.05) is 13.8 Å². The number of aromatic nitrogens is 2. The average Bonchev–Trinajstić information content (AvgIpc) is 2.84. The van der Waals surface area contributed by atoms with Crippen molar-refractivity contribution in [1.82, 2.24) is 15.5 Å². The van der Waals surface area contributed by atoms with Gasteiger partial charge in [0.25, 0.3) is 0 Å². The summed E-state index contributed by atoms with van der Waals surface area (Å²) in [6.45, 7) is 5.53. The van der Waals surface area contributed by atoms with Gasteiger partial charge in [0, 0.05) is 7.05 Å². The van der Waals surface area contributed by atoms with Crippen molar-refractivity contribution < 1.29 is 4.79 Å². The molecule has 1 aromatic rings. The number of hydrogen-bond acceptors (Lipinski definition) is 7. The molecular formula is C11H17N5OS2. The van der Waals surface area contributed by atoms with Gasteiger partial charge in [-0.2, -0.15) is 5.26 Å². The van der Waals surface area contributed by atoms with E-state index in [4.69, 9.17) is 5.26 Å². The van der Waals surface area contributed by atoms with E-state index in [-0.39, 0.29) is 17.6 Å². The molecule has 6 nitrogen and oxygen atoms in total. The van der Waals surface area contributed by atoms with Crippen LogP contribution < -0.4 is 10.6 Å². The van der Waals surface area contributed by atoms with E-state index in [9.17, 15) is 4.79 Å². The number of nitrogens with zero attached hydrogens (tertiary/aromatic N) is 3. The highest BCUT2D eigenvalue weighted by molar-refractivity contribution is 8.01. The number of anilines is 1. The lowest BCUT2D eigenvalue weighted by Crippen LogP contribution is -2.49. The Morgan fingerprint density at radius 2 is 2.26 bits per heavy atom. The molecule has 1 atom stereocenters. The van der Waals surface area contributed by atoms with Crippen LogP contribution in [0.25, 0.3) is 0 Å². The zero-order valence-corrected chi connectivity index (χ0v) is 13.0. The van der Waals surface area contributed by atoms with Gasteiger partial charge in [0.05, 0.1) is 11.8 Å². The Morgan fingerprint density at radius 1 is 1.58 bits per heavy atom. The number of thioether (sulfide) groups is 1. The lowest BCUT2D eigenvalue weighted by Gasteiger charge is -2.27. The first-order chi connectivity index (χ1) is 8.91. The van der Waals surface area contributed by atoms with E-state index in [0.29, 0.717) is 5.13 Å². The first kappa shape index (κ1) is 15.7. The molecular weight excluding hydrogens is 282 g/mol. The first-order valence-electron chi connectivity index (χ1n) is 5.77. The molecule has 0 saturated heterocycles. The van der Waals surface area contributed by atoms with Gasteiger partial charge in [0.1, 0.15) is 5.54 Å². The van der Waals surface area contributed by atoms with E-state index in [2.05, 4.69) is 26.9 Å². The topological polar surface area (TPSA) is 90.7 Å². The molecule has 1 aromatic heterocycles. The quantitative estimate of drug-likeness (QED) is 0.777. The fraction of sp³-hybridized carbons (Fsp3) is 0.636. The lowest BCUT2D eigenvalue weighted by atomic mass is 9.90. The molecule has 0 radical (unpaired) electrons. The van der Waals surface area contributed by atoms with Crippen LogP contribution in [0.15, 0.2) is 4.34 Å². The number of rotatable bonds is 6. The van der Waals surface area contributed by atoms with Gasteiger partial charge in [-0.1, -0.05) is 36.9 Å². The Morgan fingerprint density at radius 3 is 2.74 bits per heavy atom. The van der Waals surface area contributed by atoms with Crippen molar-refractivity contribution in [2.24, 2.45) is 5.92 Å². The van der Waals surface area contributed by atoms with Gasteiger partial charge >= 0.3 is 0 Å². The number of nitrogens with one attached hydrogen (secondary N) is 2. The maximum absolute atomic E-state index is 11.8. The fourth-order valence-electron chi connectivity index (χ4n) is 1.12. The number of carbonyl (C=O) groups is 1. The third-order valence-corrected chi connectivity index (χ3v) is 4.81. The van der Waals surface area contributed by atoms with E-state index >= 15 is 0 Å². The highest BCUT2D eigenvalue weighted by Crippen LogP contribution is 2.25. The van der Waals surface area contributed by atoms with Crippen molar-refractivity contribution in [3.05, 3.63) is 0 Å². The summed E-state index contributed by atoms with van der Waals surface area (Å²) in [4.78, 5) is 11.8. The van der Waals surface area contributed by atoms with Gasteiger partial charge in [0.15, 0.2) is 4.34 Å². The molecule has 1 rings (SSSR count). The second-order valence-electron chi connectivity index (χ2n) is 4.43. The molecule has 1 heterocycles. The summed E-state index contributed by atoms with van der Waals surface area (Å²) in [5.74, 6) is 0.0929. The summed E-state index contributed by atoms with van der Waals surface area (Å²) in [5.41, 5.74) is -0.838. The van der Waals surface area contributed by atoms with E-state index in [1.165, 1.54) is 23.1 Å². The number of carbonyl (C=O) groups excluding carboxylic acids is 1. The summed E-state index contributed by atoms with van der Waals surface area (Å²) in [6, 6.07) is 2.14. The largest absolute Gasteiger partial charge is 0.363 e. The molecule has 0 aromatic carbocycles. The molecule has 0 unspecified atom stereocenters. The van der Waals surface area contributed by atoms with Gasteiger partial charge < -0.3 is 10.6 Å². The van der Waals surface area contributed by atoms with Gasteiger partial charge in [-0.05, 0) is 12.8 Å². The zero-order valence-electron chi connectivity index (χ0n) is 11.4. The Bertz CT molecular complexity index is 482. The summed E-state index contributed by atoms with van der Waals surface area (Å²) in [5, 5.41) is 23.3. The van der Waals surface area contributed by atoms with Crippen molar-refractivity contribution in [3.8, 4) is 6.07 Å². The molecule has 1 amide bonds. The standard InChI is InChI=1S/C11H17N5OS2/c1-7(2)11(3,6-12)14-8(17)5-18-10-16-15-9(13-4)19-10/h7H,5H2,1-4H3,(H,13,15)(H,14,17)/t11-/m1/s1. The van der Waals surface area contributed by atoms with Gasteiger partial charge in [-0.25, -0.2) is 0 Å². The maximum atomic E-state index is 11.8. The van der Waals surface area contributed by atoms with Crippen LogP contribution in [0.4, 0.5) is 5.13 Å². The van der Waals surface area contributed by atoms with Crippen LogP contribution in [0.2, 0.25) is 0 Å². The summed E-state index contributed by atoms with van der Waals surface area (Å²) >= 11 is 2.70. The first-order valence-corrected chi connectivity index (χ1v) is 7.58. The minimum atomic E-state index is -0.838. The molecule has 0 saturated carbocycles. The zero-order chi connectivity index (χ0) is 14.5. The van der Waals surface area contributed by atoms with Crippen LogP contribution in [0.3, 0.4) is 0 Å². The molecule has 0 aliphatic heterocycles. The monoisotopic (exact) mass is 299 g/mol. The molecule has 0 aliphatic carbocycles. The second-order valence-corrected chi connectivity index (χ2v) is 6.63. The Hall–Kier alpha value is -1.33. The van der Waals surface area contributed by atoms with Crippen LogP contribution in [0.5, 0.6) is 0 Å². The molecule has 2 N–H and O–H groups in total. The van der Waals surface area contributed by atoms with Gasteiger partial charge in [0.2, 0.25) is 11.0 Å².